The Morgan fingerprint density at radius 2 is 1.67 bits per heavy atom. The van der Waals surface area contributed by atoms with Crippen LogP contribution in [0.1, 0.15) is 30.7 Å². The van der Waals surface area contributed by atoms with Crippen LogP contribution in [0, 0.1) is 20.8 Å². The summed E-state index contributed by atoms with van der Waals surface area (Å²) in [6, 6.07) is 4.37. The van der Waals surface area contributed by atoms with Crippen molar-refractivity contribution < 1.29 is 0 Å². The van der Waals surface area contributed by atoms with Gasteiger partial charge in [-0.15, -0.1) is 0 Å². The predicted octanol–water partition coefficient (Wildman–Crippen LogP) is 3.52. The normalized spacial score (nSPS) is 10.0. The van der Waals surface area contributed by atoms with Gasteiger partial charge in [-0.2, -0.15) is 5.10 Å². The Hall–Kier alpha value is -1.31. The van der Waals surface area contributed by atoms with Gasteiger partial charge in [0.2, 0.25) is 0 Å². The summed E-state index contributed by atoms with van der Waals surface area (Å²) in [5.74, 6) is 0. The van der Waals surface area contributed by atoms with Gasteiger partial charge in [-0.05, 0) is 32.4 Å². The Bertz CT molecular complexity index is 467. The first-order chi connectivity index (χ1) is 7.09. The molecule has 0 aliphatic rings. The molecule has 0 spiro atoms. The van der Waals surface area contributed by atoms with Crippen LogP contribution in [0.3, 0.4) is 0 Å². The Balaban J connectivity index is 0.000000531. The van der Waals surface area contributed by atoms with Crippen molar-refractivity contribution in [2.24, 2.45) is 7.05 Å². The van der Waals surface area contributed by atoms with Gasteiger partial charge in [0.25, 0.3) is 0 Å². The first kappa shape index (κ1) is 11.8. The summed E-state index contributed by atoms with van der Waals surface area (Å²) in [7, 11) is 1.99. The smallest absolute Gasteiger partial charge is 0.0955 e. The van der Waals surface area contributed by atoms with E-state index in [4.69, 9.17) is 0 Å². The van der Waals surface area contributed by atoms with E-state index in [0.717, 1.165) is 5.52 Å². The van der Waals surface area contributed by atoms with Gasteiger partial charge in [0.05, 0.1) is 5.52 Å². The van der Waals surface area contributed by atoms with Crippen molar-refractivity contribution in [2.75, 3.05) is 0 Å². The number of hydrogen-bond donors (Lipinski definition) is 0. The number of aromatic nitrogens is 2. The van der Waals surface area contributed by atoms with E-state index < -0.39 is 0 Å². The fourth-order valence-corrected chi connectivity index (χ4v) is 1.77. The zero-order valence-electron chi connectivity index (χ0n) is 10.5. The largest absolute Gasteiger partial charge is 0.272 e. The second-order valence-electron chi connectivity index (χ2n) is 3.69. The Morgan fingerprint density at radius 3 is 2.27 bits per heavy atom. The van der Waals surface area contributed by atoms with Crippen LogP contribution in [-0.2, 0) is 7.05 Å². The Morgan fingerprint density at radius 1 is 1.07 bits per heavy atom. The molecule has 1 heterocycles. The predicted molar refractivity (Wildman–Crippen MR) is 66.3 cm³/mol. The third-order valence-corrected chi connectivity index (χ3v) is 2.57. The molecule has 2 rings (SSSR count). The first-order valence-electron chi connectivity index (χ1n) is 5.50. The van der Waals surface area contributed by atoms with Crippen LogP contribution in [0.5, 0.6) is 0 Å². The van der Waals surface area contributed by atoms with Crippen molar-refractivity contribution >= 4 is 10.9 Å². The van der Waals surface area contributed by atoms with Crippen LogP contribution >= 0.6 is 0 Å². The SMILES string of the molecule is CC.Cc1cc(C)c2nn(C)c(C)c2c1. The quantitative estimate of drug-likeness (QED) is 0.642. The number of nitrogens with zero attached hydrogens (tertiary/aromatic N) is 2. The van der Waals surface area contributed by atoms with E-state index in [1.165, 1.54) is 22.2 Å². The highest BCUT2D eigenvalue weighted by molar-refractivity contribution is 5.84. The second-order valence-corrected chi connectivity index (χ2v) is 3.69. The molecule has 0 saturated carbocycles. The zero-order valence-corrected chi connectivity index (χ0v) is 10.5. The van der Waals surface area contributed by atoms with Crippen molar-refractivity contribution in [2.45, 2.75) is 34.6 Å². The molecule has 0 bridgehead atoms. The lowest BCUT2D eigenvalue weighted by Gasteiger charge is -1.97. The zero-order chi connectivity index (χ0) is 11.6. The number of benzene rings is 1. The minimum Gasteiger partial charge on any atom is -0.272 e. The highest BCUT2D eigenvalue weighted by atomic mass is 15.3. The van der Waals surface area contributed by atoms with Crippen molar-refractivity contribution in [3.63, 3.8) is 0 Å². The van der Waals surface area contributed by atoms with E-state index in [1.54, 1.807) is 0 Å². The molecular weight excluding hydrogens is 184 g/mol. The molecule has 15 heavy (non-hydrogen) atoms. The summed E-state index contributed by atoms with van der Waals surface area (Å²) in [5.41, 5.74) is 4.94. The van der Waals surface area contributed by atoms with Gasteiger partial charge in [0, 0.05) is 18.1 Å². The number of hydrogen-bond acceptors (Lipinski definition) is 1. The summed E-state index contributed by atoms with van der Waals surface area (Å²) in [6.07, 6.45) is 0. The summed E-state index contributed by atoms with van der Waals surface area (Å²) in [6.45, 7) is 10.3. The minimum atomic E-state index is 1.13. The topological polar surface area (TPSA) is 17.8 Å². The lowest BCUT2D eigenvalue weighted by atomic mass is 10.1. The van der Waals surface area contributed by atoms with Crippen molar-refractivity contribution in [3.8, 4) is 0 Å². The molecule has 0 radical (unpaired) electrons. The fourth-order valence-electron chi connectivity index (χ4n) is 1.77. The highest BCUT2D eigenvalue weighted by Crippen LogP contribution is 2.21. The van der Waals surface area contributed by atoms with Crippen LogP contribution in [-0.4, -0.2) is 9.78 Å². The lowest BCUT2D eigenvalue weighted by molar-refractivity contribution is 0.750. The summed E-state index contributed by atoms with van der Waals surface area (Å²) < 4.78 is 1.94. The van der Waals surface area contributed by atoms with Crippen molar-refractivity contribution in [1.29, 1.82) is 0 Å². The van der Waals surface area contributed by atoms with E-state index in [9.17, 15) is 0 Å². The third kappa shape index (κ3) is 2.04. The molecule has 2 heteroatoms. The van der Waals surface area contributed by atoms with Crippen LogP contribution in [0.15, 0.2) is 12.1 Å². The summed E-state index contributed by atoms with van der Waals surface area (Å²) >= 11 is 0. The molecule has 1 aromatic carbocycles. The molecule has 1 aromatic heterocycles. The molecule has 2 aromatic rings. The number of rotatable bonds is 0. The van der Waals surface area contributed by atoms with Gasteiger partial charge in [0.15, 0.2) is 0 Å². The van der Waals surface area contributed by atoms with Crippen LogP contribution in [0.2, 0.25) is 0 Å². The molecule has 0 unspecified atom stereocenters. The molecular formula is C13H20N2. The van der Waals surface area contributed by atoms with Crippen LogP contribution in [0.25, 0.3) is 10.9 Å². The van der Waals surface area contributed by atoms with Crippen LogP contribution < -0.4 is 0 Å². The van der Waals surface area contributed by atoms with Crippen LogP contribution in [0.4, 0.5) is 0 Å². The number of aryl methyl sites for hydroxylation is 4. The van der Waals surface area contributed by atoms with Gasteiger partial charge >= 0.3 is 0 Å². The lowest BCUT2D eigenvalue weighted by Crippen LogP contribution is -1.91. The van der Waals surface area contributed by atoms with Gasteiger partial charge in [0.1, 0.15) is 0 Å². The van der Waals surface area contributed by atoms with Crippen molar-refractivity contribution in [3.05, 3.63) is 29.0 Å². The maximum Gasteiger partial charge on any atom is 0.0955 e. The van der Waals surface area contributed by atoms with Gasteiger partial charge in [-0.1, -0.05) is 25.5 Å². The third-order valence-electron chi connectivity index (χ3n) is 2.57. The van der Waals surface area contributed by atoms with Gasteiger partial charge in [-0.25, -0.2) is 0 Å². The average Bonchev–Trinajstić information content (AvgIpc) is 2.49. The Labute approximate surface area is 91.9 Å². The fraction of sp³-hybridized carbons (Fsp3) is 0.462. The molecule has 0 amide bonds. The molecule has 82 valence electrons. The summed E-state index contributed by atoms with van der Waals surface area (Å²) in [5, 5.41) is 5.75. The molecule has 0 aliphatic heterocycles. The van der Waals surface area contributed by atoms with Gasteiger partial charge in [-0.3, -0.25) is 4.68 Å². The van der Waals surface area contributed by atoms with E-state index in [-0.39, 0.29) is 0 Å². The van der Waals surface area contributed by atoms with E-state index >= 15 is 0 Å². The minimum absolute atomic E-state index is 1.13. The van der Waals surface area contributed by atoms with Crippen molar-refractivity contribution in [1.82, 2.24) is 9.78 Å². The Kier molecular flexibility index (Phi) is 3.51. The molecule has 0 saturated heterocycles. The maximum absolute atomic E-state index is 4.47. The van der Waals surface area contributed by atoms with E-state index in [2.05, 4.69) is 38.0 Å². The van der Waals surface area contributed by atoms with Gasteiger partial charge < -0.3 is 0 Å². The monoisotopic (exact) mass is 204 g/mol. The molecule has 0 aliphatic carbocycles. The maximum atomic E-state index is 4.47. The average molecular weight is 204 g/mol. The molecule has 0 fully saturated rings. The summed E-state index contributed by atoms with van der Waals surface area (Å²) in [4.78, 5) is 0. The number of fused-ring (bicyclic) bond motifs is 1. The second kappa shape index (κ2) is 4.47. The molecule has 0 N–H and O–H groups in total. The highest BCUT2D eigenvalue weighted by Gasteiger charge is 2.06. The van der Waals surface area contributed by atoms with E-state index in [0.29, 0.717) is 0 Å². The first-order valence-corrected chi connectivity index (χ1v) is 5.50. The van der Waals surface area contributed by atoms with E-state index in [1.807, 2.05) is 25.6 Å². The molecule has 0 atom stereocenters. The standard InChI is InChI=1S/C11H14N2.C2H6/c1-7-5-8(2)11-10(6-7)9(3)13(4)12-11;1-2/h5-6H,1-4H3;1-2H3. The molecule has 2 nitrogen and oxygen atoms in total.